The number of pyridine rings is 1. The molecule has 3 nitrogen and oxygen atoms in total. The van der Waals surface area contributed by atoms with Crippen molar-refractivity contribution in [2.24, 2.45) is 12.8 Å². The van der Waals surface area contributed by atoms with Crippen molar-refractivity contribution in [1.29, 1.82) is 0 Å². The fourth-order valence-corrected chi connectivity index (χ4v) is 1.66. The second kappa shape index (κ2) is 5.56. The molecule has 0 aliphatic rings. The maximum atomic E-state index is 6.01. The van der Waals surface area contributed by atoms with E-state index >= 15 is 0 Å². The molecule has 0 amide bonds. The highest BCUT2D eigenvalue weighted by Gasteiger charge is 2.05. The normalized spacial score (nSPS) is 9.53. The van der Waals surface area contributed by atoms with Crippen LogP contribution in [0.25, 0.3) is 11.0 Å². The fourth-order valence-electron chi connectivity index (χ4n) is 1.37. The van der Waals surface area contributed by atoms with Crippen molar-refractivity contribution in [2.75, 3.05) is 0 Å². The average molecular weight is 269 g/mol. The van der Waals surface area contributed by atoms with Gasteiger partial charge >= 0.3 is 0 Å². The van der Waals surface area contributed by atoms with Crippen LogP contribution in [0.2, 0.25) is 5.02 Å². The molecule has 0 unspecified atom stereocenters. The molecule has 84 valence electrons. The number of hydrogen-bond donors (Lipinski definition) is 1. The van der Waals surface area contributed by atoms with Crippen molar-refractivity contribution in [1.82, 2.24) is 9.55 Å². The molecule has 0 aromatic carbocycles. The Morgan fingerprint density at radius 2 is 2.13 bits per heavy atom. The molecule has 2 N–H and O–H groups in total. The summed E-state index contributed by atoms with van der Waals surface area (Å²) in [5.41, 5.74) is 7.40. The molecule has 0 fully saturated rings. The van der Waals surface area contributed by atoms with E-state index in [1.54, 1.807) is 6.20 Å². The zero-order valence-corrected chi connectivity index (χ0v) is 10.5. The SMILES string of the molecule is Cl.Cl.Cn1cc(Cl)c2cc(CN)cnc21. The van der Waals surface area contributed by atoms with E-state index in [1.165, 1.54) is 0 Å². The number of halogens is 3. The van der Waals surface area contributed by atoms with Crippen LogP contribution in [0.4, 0.5) is 0 Å². The first-order chi connectivity index (χ1) is 6.22. The Morgan fingerprint density at radius 3 is 2.73 bits per heavy atom. The second-order valence-corrected chi connectivity index (χ2v) is 3.41. The minimum Gasteiger partial charge on any atom is -0.334 e. The lowest BCUT2D eigenvalue weighted by Gasteiger charge is -1.97. The molecule has 2 heterocycles. The molecular weight excluding hydrogens is 256 g/mol. The summed E-state index contributed by atoms with van der Waals surface area (Å²) in [6.45, 7) is 0.494. The van der Waals surface area contributed by atoms with Gasteiger partial charge in [0.15, 0.2) is 0 Å². The van der Waals surface area contributed by atoms with Gasteiger partial charge in [-0.1, -0.05) is 11.6 Å². The molecule has 0 radical (unpaired) electrons. The van der Waals surface area contributed by atoms with Gasteiger partial charge in [-0.15, -0.1) is 24.8 Å². The summed E-state index contributed by atoms with van der Waals surface area (Å²) < 4.78 is 1.90. The quantitative estimate of drug-likeness (QED) is 0.864. The summed E-state index contributed by atoms with van der Waals surface area (Å²) in [6, 6.07) is 1.98. The van der Waals surface area contributed by atoms with Gasteiger partial charge in [-0.2, -0.15) is 0 Å². The van der Waals surface area contributed by atoms with Crippen LogP contribution in [0.3, 0.4) is 0 Å². The van der Waals surface area contributed by atoms with Crippen LogP contribution in [-0.2, 0) is 13.6 Å². The van der Waals surface area contributed by atoms with Crippen LogP contribution >= 0.6 is 36.4 Å². The summed E-state index contributed by atoms with van der Waals surface area (Å²) in [5, 5.41) is 1.69. The van der Waals surface area contributed by atoms with Crippen LogP contribution in [0.1, 0.15) is 5.56 Å². The van der Waals surface area contributed by atoms with Crippen molar-refractivity contribution < 1.29 is 0 Å². The molecule has 6 heteroatoms. The molecule has 2 aromatic rings. The van der Waals surface area contributed by atoms with E-state index in [4.69, 9.17) is 17.3 Å². The van der Waals surface area contributed by atoms with Gasteiger partial charge < -0.3 is 10.3 Å². The standard InChI is InChI=1S/C9H10ClN3.2ClH/c1-13-5-8(10)7-2-6(3-11)4-12-9(7)13;;/h2,4-5H,3,11H2,1H3;2*1H. The van der Waals surface area contributed by atoms with Gasteiger partial charge in [-0.25, -0.2) is 4.98 Å². The number of rotatable bonds is 1. The summed E-state index contributed by atoms with van der Waals surface area (Å²) in [7, 11) is 1.92. The summed E-state index contributed by atoms with van der Waals surface area (Å²) in [5.74, 6) is 0. The van der Waals surface area contributed by atoms with E-state index in [0.29, 0.717) is 6.54 Å². The molecule has 2 rings (SSSR count). The molecule has 15 heavy (non-hydrogen) atoms. The predicted molar refractivity (Wildman–Crippen MR) is 68.1 cm³/mol. The maximum absolute atomic E-state index is 6.01. The Labute approximate surface area is 105 Å². The van der Waals surface area contributed by atoms with Crippen LogP contribution in [0.5, 0.6) is 0 Å². The first-order valence-corrected chi connectivity index (χ1v) is 4.39. The number of nitrogens with zero attached hydrogens (tertiary/aromatic N) is 2. The monoisotopic (exact) mass is 267 g/mol. The number of aryl methyl sites for hydroxylation is 1. The Hall–Kier alpha value is -0.480. The highest BCUT2D eigenvalue weighted by molar-refractivity contribution is 6.35. The van der Waals surface area contributed by atoms with Crippen molar-refractivity contribution >= 4 is 47.4 Å². The molecular formula is C9H12Cl3N3. The number of aromatic nitrogens is 2. The lowest BCUT2D eigenvalue weighted by atomic mass is 10.2. The van der Waals surface area contributed by atoms with E-state index in [0.717, 1.165) is 21.6 Å². The Bertz CT molecular complexity index is 453. The third-order valence-electron chi connectivity index (χ3n) is 2.06. The van der Waals surface area contributed by atoms with Gasteiger partial charge in [-0.3, -0.25) is 0 Å². The minimum absolute atomic E-state index is 0. The van der Waals surface area contributed by atoms with Gasteiger partial charge in [0, 0.05) is 31.4 Å². The molecule has 0 atom stereocenters. The van der Waals surface area contributed by atoms with E-state index in [1.807, 2.05) is 23.9 Å². The van der Waals surface area contributed by atoms with Gasteiger partial charge in [-0.05, 0) is 11.6 Å². The molecule has 0 aliphatic heterocycles. The highest BCUT2D eigenvalue weighted by atomic mass is 35.5. The average Bonchev–Trinajstić information content (AvgIpc) is 2.42. The van der Waals surface area contributed by atoms with Crippen LogP contribution in [0.15, 0.2) is 18.5 Å². The Kier molecular flexibility index (Phi) is 5.38. The smallest absolute Gasteiger partial charge is 0.141 e. The number of hydrogen-bond acceptors (Lipinski definition) is 2. The van der Waals surface area contributed by atoms with E-state index in [9.17, 15) is 0 Å². The lowest BCUT2D eigenvalue weighted by molar-refractivity contribution is 0.944. The largest absolute Gasteiger partial charge is 0.334 e. The number of fused-ring (bicyclic) bond motifs is 1. The van der Waals surface area contributed by atoms with Gasteiger partial charge in [0.05, 0.1) is 5.02 Å². The second-order valence-electron chi connectivity index (χ2n) is 3.01. The molecule has 0 bridgehead atoms. The van der Waals surface area contributed by atoms with E-state index < -0.39 is 0 Å². The zero-order valence-electron chi connectivity index (χ0n) is 8.11. The third-order valence-corrected chi connectivity index (χ3v) is 2.36. The van der Waals surface area contributed by atoms with Crippen LogP contribution in [0, 0.1) is 0 Å². The Morgan fingerprint density at radius 1 is 1.47 bits per heavy atom. The molecule has 0 saturated carbocycles. The zero-order chi connectivity index (χ0) is 9.42. The predicted octanol–water partition coefficient (Wildman–Crippen LogP) is 2.53. The van der Waals surface area contributed by atoms with Gasteiger partial charge in [0.1, 0.15) is 5.65 Å². The van der Waals surface area contributed by atoms with E-state index in [-0.39, 0.29) is 24.8 Å². The molecule has 0 spiro atoms. The Balaban J connectivity index is 0.000000980. The minimum atomic E-state index is 0. The van der Waals surface area contributed by atoms with Crippen molar-refractivity contribution in [2.45, 2.75) is 6.54 Å². The maximum Gasteiger partial charge on any atom is 0.141 e. The molecule has 0 aliphatic carbocycles. The number of nitrogens with two attached hydrogens (primary N) is 1. The summed E-state index contributed by atoms with van der Waals surface area (Å²) in [6.07, 6.45) is 3.62. The highest BCUT2D eigenvalue weighted by Crippen LogP contribution is 2.23. The first-order valence-electron chi connectivity index (χ1n) is 4.02. The lowest BCUT2D eigenvalue weighted by Crippen LogP contribution is -1.97. The summed E-state index contributed by atoms with van der Waals surface area (Å²) >= 11 is 6.01. The van der Waals surface area contributed by atoms with Gasteiger partial charge in [0.25, 0.3) is 0 Å². The van der Waals surface area contributed by atoms with Gasteiger partial charge in [0.2, 0.25) is 0 Å². The van der Waals surface area contributed by atoms with Crippen LogP contribution < -0.4 is 5.73 Å². The van der Waals surface area contributed by atoms with Crippen molar-refractivity contribution in [3.8, 4) is 0 Å². The first kappa shape index (κ1) is 14.5. The van der Waals surface area contributed by atoms with E-state index in [2.05, 4.69) is 4.98 Å². The van der Waals surface area contributed by atoms with Crippen molar-refractivity contribution in [3.05, 3.63) is 29.0 Å². The fraction of sp³-hybridized carbons (Fsp3) is 0.222. The van der Waals surface area contributed by atoms with Crippen molar-refractivity contribution in [3.63, 3.8) is 0 Å². The molecule has 2 aromatic heterocycles. The van der Waals surface area contributed by atoms with Crippen LogP contribution in [-0.4, -0.2) is 9.55 Å². The topological polar surface area (TPSA) is 43.8 Å². The summed E-state index contributed by atoms with van der Waals surface area (Å²) in [4.78, 5) is 4.27. The molecule has 0 saturated heterocycles. The third kappa shape index (κ3) is 2.55.